The molecule has 1 N–H and O–H groups in total. The van der Waals surface area contributed by atoms with Gasteiger partial charge >= 0.3 is 0 Å². The summed E-state index contributed by atoms with van der Waals surface area (Å²) in [6.45, 7) is 3.35. The molecule has 0 unspecified atom stereocenters. The first-order valence-electron chi connectivity index (χ1n) is 9.68. The number of nitrogens with zero attached hydrogens (tertiary/aromatic N) is 2. The Bertz CT molecular complexity index is 1080. The van der Waals surface area contributed by atoms with Gasteiger partial charge in [-0.25, -0.2) is 8.42 Å². The van der Waals surface area contributed by atoms with Crippen molar-refractivity contribution >= 4 is 66.7 Å². The summed E-state index contributed by atoms with van der Waals surface area (Å²) in [6, 6.07) is 10.8. The summed E-state index contributed by atoms with van der Waals surface area (Å²) >= 11 is 15.6. The smallest absolute Gasteiger partial charge is 0.244 e. The highest BCUT2D eigenvalue weighted by atomic mass is 79.9. The number of anilines is 1. The van der Waals surface area contributed by atoms with Crippen molar-refractivity contribution in [1.82, 2.24) is 10.2 Å². The molecule has 2 rings (SSSR count). The van der Waals surface area contributed by atoms with Gasteiger partial charge in [-0.1, -0.05) is 51.3 Å². The van der Waals surface area contributed by atoms with Gasteiger partial charge in [0.2, 0.25) is 21.8 Å². The summed E-state index contributed by atoms with van der Waals surface area (Å²) in [6.07, 6.45) is 0.976. The SMILES string of the molecule is CCNC(=O)[C@@H](C)N(Cc1ccc(Br)cc1)C(=O)CN(c1cc(Cl)ccc1Cl)S(C)(=O)=O. The molecule has 11 heteroatoms. The number of nitrogens with one attached hydrogen (secondary N) is 1. The van der Waals surface area contributed by atoms with Crippen molar-refractivity contribution in [3.63, 3.8) is 0 Å². The van der Waals surface area contributed by atoms with Crippen molar-refractivity contribution in [3.8, 4) is 0 Å². The lowest BCUT2D eigenvalue weighted by Gasteiger charge is -2.31. The van der Waals surface area contributed by atoms with Gasteiger partial charge in [0, 0.05) is 22.6 Å². The van der Waals surface area contributed by atoms with Gasteiger partial charge in [-0.15, -0.1) is 0 Å². The zero-order valence-corrected chi connectivity index (χ0v) is 21.7. The summed E-state index contributed by atoms with van der Waals surface area (Å²) in [4.78, 5) is 27.2. The van der Waals surface area contributed by atoms with E-state index in [0.717, 1.165) is 20.6 Å². The van der Waals surface area contributed by atoms with Crippen LogP contribution in [0.25, 0.3) is 0 Å². The van der Waals surface area contributed by atoms with E-state index in [-0.39, 0.29) is 28.2 Å². The minimum Gasteiger partial charge on any atom is -0.355 e. The molecule has 0 saturated heterocycles. The Morgan fingerprint density at radius 2 is 1.75 bits per heavy atom. The molecule has 0 aliphatic heterocycles. The van der Waals surface area contributed by atoms with Crippen molar-refractivity contribution in [3.05, 3.63) is 62.5 Å². The number of carbonyl (C=O) groups is 2. The Labute approximate surface area is 206 Å². The molecule has 32 heavy (non-hydrogen) atoms. The van der Waals surface area contributed by atoms with Crippen LogP contribution in [0.4, 0.5) is 5.69 Å². The van der Waals surface area contributed by atoms with Crippen LogP contribution in [0.3, 0.4) is 0 Å². The minimum atomic E-state index is -3.88. The highest BCUT2D eigenvalue weighted by Gasteiger charge is 2.30. The maximum atomic E-state index is 13.3. The van der Waals surface area contributed by atoms with E-state index in [9.17, 15) is 18.0 Å². The molecule has 0 saturated carbocycles. The van der Waals surface area contributed by atoms with Crippen molar-refractivity contribution in [2.45, 2.75) is 26.4 Å². The predicted octanol–water partition coefficient (Wildman–Crippen LogP) is 4.08. The number of hydrogen-bond donors (Lipinski definition) is 1. The average Bonchev–Trinajstić information content (AvgIpc) is 2.72. The molecule has 2 aromatic carbocycles. The Hall–Kier alpha value is -1.81. The van der Waals surface area contributed by atoms with Crippen molar-refractivity contribution in [2.24, 2.45) is 0 Å². The fourth-order valence-corrected chi connectivity index (χ4v) is 4.52. The number of hydrogen-bond acceptors (Lipinski definition) is 4. The molecule has 0 aliphatic rings. The number of sulfonamides is 1. The minimum absolute atomic E-state index is 0.0873. The summed E-state index contributed by atoms with van der Waals surface area (Å²) in [5, 5.41) is 3.10. The van der Waals surface area contributed by atoms with Gasteiger partial charge in [-0.3, -0.25) is 13.9 Å². The quantitative estimate of drug-likeness (QED) is 0.497. The van der Waals surface area contributed by atoms with Gasteiger partial charge in [0.15, 0.2) is 0 Å². The third kappa shape index (κ3) is 7.10. The zero-order valence-electron chi connectivity index (χ0n) is 17.8. The van der Waals surface area contributed by atoms with Crippen LogP contribution in [0.2, 0.25) is 10.0 Å². The van der Waals surface area contributed by atoms with Crippen molar-refractivity contribution in [1.29, 1.82) is 0 Å². The third-order valence-electron chi connectivity index (χ3n) is 4.64. The lowest BCUT2D eigenvalue weighted by Crippen LogP contribution is -2.51. The summed E-state index contributed by atoms with van der Waals surface area (Å²) in [5.74, 6) is -0.905. The van der Waals surface area contributed by atoms with Gasteiger partial charge in [0.05, 0.1) is 17.0 Å². The molecule has 2 amide bonds. The van der Waals surface area contributed by atoms with Crippen LogP contribution >= 0.6 is 39.1 Å². The van der Waals surface area contributed by atoms with Crippen LogP contribution in [0.1, 0.15) is 19.4 Å². The molecule has 7 nitrogen and oxygen atoms in total. The van der Waals surface area contributed by atoms with Gasteiger partial charge < -0.3 is 10.2 Å². The second kappa shape index (κ2) is 11.4. The van der Waals surface area contributed by atoms with Gasteiger partial charge in [-0.2, -0.15) is 0 Å². The molecule has 0 bridgehead atoms. The maximum Gasteiger partial charge on any atom is 0.244 e. The van der Waals surface area contributed by atoms with E-state index in [2.05, 4.69) is 21.2 Å². The van der Waals surface area contributed by atoms with Crippen LogP contribution in [-0.2, 0) is 26.2 Å². The first kappa shape index (κ1) is 26.4. The predicted molar refractivity (Wildman–Crippen MR) is 131 cm³/mol. The average molecular weight is 565 g/mol. The Morgan fingerprint density at radius 3 is 2.31 bits per heavy atom. The number of rotatable bonds is 9. The van der Waals surface area contributed by atoms with E-state index in [1.807, 2.05) is 24.3 Å². The Balaban J connectivity index is 2.42. The highest BCUT2D eigenvalue weighted by Crippen LogP contribution is 2.31. The fraction of sp³-hybridized carbons (Fsp3) is 0.333. The highest BCUT2D eigenvalue weighted by molar-refractivity contribution is 9.10. The van der Waals surface area contributed by atoms with Gasteiger partial charge in [0.25, 0.3) is 0 Å². The first-order valence-corrected chi connectivity index (χ1v) is 13.1. The van der Waals surface area contributed by atoms with Gasteiger partial charge in [-0.05, 0) is 49.7 Å². The Kier molecular flexibility index (Phi) is 9.39. The molecule has 0 spiro atoms. The molecule has 2 aromatic rings. The standard InChI is InChI=1S/C21H24BrCl2N3O4S/c1-4-25-21(29)14(2)26(12-15-5-7-16(22)8-6-15)20(28)13-27(32(3,30)31)19-11-17(23)9-10-18(19)24/h5-11,14H,4,12-13H2,1-3H3,(H,25,29)/t14-/m1/s1. The number of carbonyl (C=O) groups excluding carboxylic acids is 2. The molecular formula is C21H24BrCl2N3O4S. The van der Waals surface area contributed by atoms with Gasteiger partial charge in [0.1, 0.15) is 12.6 Å². The zero-order chi connectivity index (χ0) is 24.1. The summed E-state index contributed by atoms with van der Waals surface area (Å²) in [7, 11) is -3.88. The second-order valence-corrected chi connectivity index (χ2v) is 10.8. The molecule has 0 radical (unpaired) electrons. The summed E-state index contributed by atoms with van der Waals surface area (Å²) in [5.41, 5.74) is 0.869. The molecule has 0 heterocycles. The molecule has 1 atom stereocenters. The van der Waals surface area contributed by atoms with Crippen molar-refractivity contribution < 1.29 is 18.0 Å². The molecule has 174 valence electrons. The van der Waals surface area contributed by atoms with E-state index >= 15 is 0 Å². The number of amides is 2. The first-order chi connectivity index (χ1) is 14.9. The molecule has 0 fully saturated rings. The topological polar surface area (TPSA) is 86.8 Å². The fourth-order valence-electron chi connectivity index (χ4n) is 2.96. The number of halogens is 3. The van der Waals surface area contributed by atoms with E-state index in [4.69, 9.17) is 23.2 Å². The number of benzene rings is 2. The third-order valence-corrected chi connectivity index (χ3v) is 6.85. The van der Waals surface area contributed by atoms with E-state index in [1.165, 1.54) is 23.1 Å². The van der Waals surface area contributed by atoms with Crippen LogP contribution < -0.4 is 9.62 Å². The monoisotopic (exact) mass is 563 g/mol. The number of likely N-dealkylation sites (N-methyl/N-ethyl adjacent to an activating group) is 1. The molecule has 0 aliphatic carbocycles. The summed E-state index contributed by atoms with van der Waals surface area (Å²) < 4.78 is 26.8. The van der Waals surface area contributed by atoms with E-state index < -0.39 is 28.5 Å². The van der Waals surface area contributed by atoms with Crippen LogP contribution in [0.5, 0.6) is 0 Å². The van der Waals surface area contributed by atoms with E-state index in [1.54, 1.807) is 13.8 Å². The molecular weight excluding hydrogens is 541 g/mol. The maximum absolute atomic E-state index is 13.3. The normalized spacial score (nSPS) is 12.2. The van der Waals surface area contributed by atoms with E-state index in [0.29, 0.717) is 6.54 Å². The largest absolute Gasteiger partial charge is 0.355 e. The lowest BCUT2D eigenvalue weighted by atomic mass is 10.1. The second-order valence-electron chi connectivity index (χ2n) is 7.08. The van der Waals surface area contributed by atoms with Crippen LogP contribution in [0, 0.1) is 0 Å². The van der Waals surface area contributed by atoms with Crippen molar-refractivity contribution in [2.75, 3.05) is 23.7 Å². The lowest BCUT2D eigenvalue weighted by molar-refractivity contribution is -0.139. The van der Waals surface area contributed by atoms with Crippen LogP contribution in [-0.4, -0.2) is 50.5 Å². The Morgan fingerprint density at radius 1 is 1.12 bits per heavy atom. The van der Waals surface area contributed by atoms with Crippen LogP contribution in [0.15, 0.2) is 46.9 Å². The molecule has 0 aromatic heterocycles.